The summed E-state index contributed by atoms with van der Waals surface area (Å²) in [4.78, 5) is 13.5. The predicted octanol–water partition coefficient (Wildman–Crippen LogP) is 0.704. The molecule has 14 heavy (non-hydrogen) atoms. The number of hydrogen-bond donors (Lipinski definition) is 1. The van der Waals surface area contributed by atoms with Crippen molar-refractivity contribution in [3.8, 4) is 0 Å². The Morgan fingerprint density at radius 1 is 1.50 bits per heavy atom. The Labute approximate surface area is 89.6 Å². The molecular formula is C10H18N2OS. The van der Waals surface area contributed by atoms with Crippen molar-refractivity contribution in [2.75, 3.05) is 31.9 Å². The van der Waals surface area contributed by atoms with Gasteiger partial charge in [-0.05, 0) is 18.6 Å². The van der Waals surface area contributed by atoms with Gasteiger partial charge in [0.15, 0.2) is 0 Å². The highest BCUT2D eigenvalue weighted by Crippen LogP contribution is 2.25. The van der Waals surface area contributed by atoms with E-state index < -0.39 is 0 Å². The first kappa shape index (κ1) is 10.3. The van der Waals surface area contributed by atoms with Crippen LogP contribution in [0.5, 0.6) is 0 Å². The lowest BCUT2D eigenvalue weighted by Crippen LogP contribution is -2.50. The van der Waals surface area contributed by atoms with Crippen LogP contribution in [0.2, 0.25) is 0 Å². The molecule has 0 bridgehead atoms. The van der Waals surface area contributed by atoms with Crippen LogP contribution in [-0.2, 0) is 4.79 Å². The maximum absolute atomic E-state index is 11.5. The molecule has 0 aliphatic carbocycles. The van der Waals surface area contributed by atoms with Crippen LogP contribution in [0.25, 0.3) is 0 Å². The van der Waals surface area contributed by atoms with Gasteiger partial charge in [0.05, 0.1) is 6.54 Å². The van der Waals surface area contributed by atoms with Crippen LogP contribution in [0.15, 0.2) is 0 Å². The van der Waals surface area contributed by atoms with Gasteiger partial charge >= 0.3 is 0 Å². The topological polar surface area (TPSA) is 32.3 Å². The molecule has 2 aliphatic heterocycles. The van der Waals surface area contributed by atoms with E-state index >= 15 is 0 Å². The van der Waals surface area contributed by atoms with E-state index in [0.29, 0.717) is 11.8 Å². The highest BCUT2D eigenvalue weighted by atomic mass is 32.2. The van der Waals surface area contributed by atoms with E-state index in [1.165, 1.54) is 25.0 Å². The summed E-state index contributed by atoms with van der Waals surface area (Å²) in [7, 11) is 0. The van der Waals surface area contributed by atoms with Crippen molar-refractivity contribution >= 4 is 17.7 Å². The fourth-order valence-electron chi connectivity index (χ4n) is 2.04. The van der Waals surface area contributed by atoms with Crippen LogP contribution in [0.4, 0.5) is 0 Å². The van der Waals surface area contributed by atoms with E-state index in [1.807, 2.05) is 16.7 Å². The summed E-state index contributed by atoms with van der Waals surface area (Å²) in [5, 5.41) is 3.80. The van der Waals surface area contributed by atoms with Crippen molar-refractivity contribution in [1.82, 2.24) is 10.2 Å². The zero-order valence-electron chi connectivity index (χ0n) is 8.50. The largest absolute Gasteiger partial charge is 0.339 e. The van der Waals surface area contributed by atoms with Crippen molar-refractivity contribution in [2.24, 2.45) is 0 Å². The molecular weight excluding hydrogens is 196 g/mol. The van der Waals surface area contributed by atoms with Gasteiger partial charge in [-0.3, -0.25) is 4.79 Å². The van der Waals surface area contributed by atoms with Gasteiger partial charge in [-0.25, -0.2) is 0 Å². The van der Waals surface area contributed by atoms with Crippen LogP contribution in [0.1, 0.15) is 19.3 Å². The minimum absolute atomic E-state index is 0.280. The Morgan fingerprint density at radius 2 is 2.43 bits per heavy atom. The Morgan fingerprint density at radius 3 is 3.14 bits per heavy atom. The van der Waals surface area contributed by atoms with Gasteiger partial charge in [0.2, 0.25) is 5.91 Å². The number of nitrogens with one attached hydrogen (secondary N) is 1. The smallest absolute Gasteiger partial charge is 0.236 e. The number of piperazine rings is 1. The predicted molar refractivity (Wildman–Crippen MR) is 59.5 cm³/mol. The summed E-state index contributed by atoms with van der Waals surface area (Å²) in [6.45, 7) is 3.38. The van der Waals surface area contributed by atoms with E-state index in [1.54, 1.807) is 0 Å². The second-order valence-electron chi connectivity index (χ2n) is 4.01. The summed E-state index contributed by atoms with van der Waals surface area (Å²) in [6.07, 6.45) is 4.00. The average molecular weight is 214 g/mol. The van der Waals surface area contributed by atoms with Gasteiger partial charge in [-0.1, -0.05) is 6.42 Å². The molecule has 0 aromatic rings. The molecule has 0 saturated carbocycles. The zero-order valence-corrected chi connectivity index (χ0v) is 9.31. The summed E-state index contributed by atoms with van der Waals surface area (Å²) >= 11 is 2.04. The van der Waals surface area contributed by atoms with Crippen molar-refractivity contribution in [1.29, 1.82) is 0 Å². The number of rotatable bonds is 2. The van der Waals surface area contributed by atoms with Crippen LogP contribution in [-0.4, -0.2) is 48.0 Å². The molecule has 0 aromatic heterocycles. The van der Waals surface area contributed by atoms with Gasteiger partial charge in [0.25, 0.3) is 0 Å². The third-order valence-electron chi connectivity index (χ3n) is 2.89. The molecule has 1 amide bonds. The highest BCUT2D eigenvalue weighted by molar-refractivity contribution is 7.99. The van der Waals surface area contributed by atoms with Gasteiger partial charge < -0.3 is 10.2 Å². The number of carbonyl (C=O) groups is 1. The zero-order chi connectivity index (χ0) is 9.80. The maximum atomic E-state index is 11.5. The van der Waals surface area contributed by atoms with E-state index in [0.717, 1.165) is 19.6 Å². The quantitative estimate of drug-likeness (QED) is 0.734. The fourth-order valence-corrected chi connectivity index (χ4v) is 3.36. The van der Waals surface area contributed by atoms with Crippen molar-refractivity contribution < 1.29 is 4.79 Å². The lowest BCUT2D eigenvalue weighted by atomic mass is 10.1. The average Bonchev–Trinajstić information content (AvgIpc) is 2.23. The molecule has 2 heterocycles. The molecule has 2 aliphatic rings. The summed E-state index contributed by atoms with van der Waals surface area (Å²) in [5.74, 6) is 1.56. The molecule has 0 aromatic carbocycles. The monoisotopic (exact) mass is 214 g/mol. The summed E-state index contributed by atoms with van der Waals surface area (Å²) < 4.78 is 0. The van der Waals surface area contributed by atoms with Crippen LogP contribution in [0.3, 0.4) is 0 Å². The lowest BCUT2D eigenvalue weighted by Gasteiger charge is -2.32. The molecule has 1 unspecified atom stereocenters. The van der Waals surface area contributed by atoms with Crippen molar-refractivity contribution in [2.45, 2.75) is 24.5 Å². The first-order chi connectivity index (χ1) is 6.86. The van der Waals surface area contributed by atoms with Gasteiger partial charge in [0.1, 0.15) is 0 Å². The molecule has 80 valence electrons. The molecule has 0 spiro atoms. The minimum Gasteiger partial charge on any atom is -0.339 e. The molecule has 0 radical (unpaired) electrons. The Bertz CT molecular complexity index is 204. The third-order valence-corrected chi connectivity index (χ3v) is 4.27. The lowest BCUT2D eigenvalue weighted by molar-refractivity contribution is -0.131. The second kappa shape index (κ2) is 5.03. The third kappa shape index (κ3) is 2.64. The molecule has 3 nitrogen and oxygen atoms in total. The molecule has 1 N–H and O–H groups in total. The van der Waals surface area contributed by atoms with Gasteiger partial charge in [-0.15, -0.1) is 0 Å². The first-order valence-corrected chi connectivity index (χ1v) is 6.51. The van der Waals surface area contributed by atoms with Crippen LogP contribution in [0, 0.1) is 0 Å². The molecule has 1 atom stereocenters. The Balaban J connectivity index is 1.79. The maximum Gasteiger partial charge on any atom is 0.236 e. The molecule has 2 rings (SSSR count). The normalized spacial score (nSPS) is 29.3. The fraction of sp³-hybridized carbons (Fsp3) is 0.900. The van der Waals surface area contributed by atoms with E-state index in [2.05, 4.69) is 5.32 Å². The summed E-state index contributed by atoms with van der Waals surface area (Å²) in [6, 6.07) is 0. The molecule has 4 heteroatoms. The van der Waals surface area contributed by atoms with E-state index in [4.69, 9.17) is 0 Å². The van der Waals surface area contributed by atoms with Crippen LogP contribution < -0.4 is 5.32 Å². The standard InChI is InChI=1S/C10H18N2OS/c13-10-7-11-4-5-12(10)8-9-3-1-2-6-14-9/h9,11H,1-8H2. The number of nitrogens with zero attached hydrogens (tertiary/aromatic N) is 1. The number of carbonyl (C=O) groups excluding carboxylic acids is 1. The van der Waals surface area contributed by atoms with Gasteiger partial charge in [0, 0.05) is 24.9 Å². The number of hydrogen-bond acceptors (Lipinski definition) is 3. The van der Waals surface area contributed by atoms with Gasteiger partial charge in [-0.2, -0.15) is 11.8 Å². The van der Waals surface area contributed by atoms with Crippen molar-refractivity contribution in [3.63, 3.8) is 0 Å². The first-order valence-electron chi connectivity index (χ1n) is 5.46. The van der Waals surface area contributed by atoms with Crippen molar-refractivity contribution in [3.05, 3.63) is 0 Å². The minimum atomic E-state index is 0.280. The van der Waals surface area contributed by atoms with E-state index in [-0.39, 0.29) is 5.91 Å². The SMILES string of the molecule is O=C1CNCCN1CC1CCCCS1. The second-order valence-corrected chi connectivity index (χ2v) is 5.41. The Kier molecular flexibility index (Phi) is 3.70. The molecule has 2 fully saturated rings. The summed E-state index contributed by atoms with van der Waals surface area (Å²) in [5.41, 5.74) is 0. The molecule has 2 saturated heterocycles. The van der Waals surface area contributed by atoms with E-state index in [9.17, 15) is 4.79 Å². The number of thioether (sulfide) groups is 1. The van der Waals surface area contributed by atoms with Crippen LogP contribution >= 0.6 is 11.8 Å². The highest BCUT2D eigenvalue weighted by Gasteiger charge is 2.22. The number of amides is 1. The Hall–Kier alpha value is -0.220.